The Hall–Kier alpha value is -2.17. The van der Waals surface area contributed by atoms with Gasteiger partial charge in [-0.1, -0.05) is 37.1 Å². The Kier molecular flexibility index (Phi) is 7.37. The summed E-state index contributed by atoms with van der Waals surface area (Å²) in [6, 6.07) is 0. The summed E-state index contributed by atoms with van der Waals surface area (Å²) < 4.78 is 13.5. The average Bonchev–Trinajstić information content (AvgIpc) is 3.41. The summed E-state index contributed by atoms with van der Waals surface area (Å²) in [5.41, 5.74) is 0.818. The first-order valence-electron chi connectivity index (χ1n) is 9.46. The number of allylic oxidation sites excluding steroid dienone is 7. The topological polar surface area (TPSA) is 58.2 Å². The maximum atomic E-state index is 13.5. The highest BCUT2D eigenvalue weighted by Crippen LogP contribution is 2.46. The molecule has 142 valence electrons. The predicted molar refractivity (Wildman–Crippen MR) is 102 cm³/mol. The fraction of sp³-hybridized carbons (Fsp3) is 0.524. The van der Waals surface area contributed by atoms with E-state index in [0.29, 0.717) is 19.4 Å². The highest BCUT2D eigenvalue weighted by atomic mass is 19.1. The van der Waals surface area contributed by atoms with Crippen molar-refractivity contribution in [1.29, 1.82) is 0 Å². The molecule has 0 heterocycles. The lowest BCUT2D eigenvalue weighted by molar-refractivity contribution is -0.136. The molecule has 0 aromatic heterocycles. The SMILES string of the molecule is CCC/C=C(\C)NC(=O)C1(C(=O)NC/C2=C/C=C(F)\C=C/CCC2)CC1. The monoisotopic (exact) mass is 360 g/mol. The lowest BCUT2D eigenvalue weighted by Crippen LogP contribution is -2.43. The number of carbonyl (C=O) groups is 2. The van der Waals surface area contributed by atoms with E-state index in [4.69, 9.17) is 0 Å². The number of halogens is 1. The van der Waals surface area contributed by atoms with Gasteiger partial charge in [0.2, 0.25) is 11.8 Å². The molecular formula is C21H29FN2O2. The van der Waals surface area contributed by atoms with E-state index in [2.05, 4.69) is 17.6 Å². The molecule has 2 aliphatic carbocycles. The standard InChI is InChI=1S/C21H29FN2O2/c1-3-4-8-16(2)24-20(26)21(13-14-21)19(25)23-15-17-9-6-5-7-10-18(22)12-11-17/h7-8,10-12H,3-6,9,13-15H2,1-2H3,(H,23,25)(H,24,26)/b10-7-,16-8+,17-11+,18-12+. The van der Waals surface area contributed by atoms with Gasteiger partial charge in [-0.3, -0.25) is 9.59 Å². The fourth-order valence-electron chi connectivity index (χ4n) is 2.88. The molecule has 0 aromatic rings. The predicted octanol–water partition coefficient (Wildman–Crippen LogP) is 4.22. The Morgan fingerprint density at radius 2 is 2.04 bits per heavy atom. The second-order valence-electron chi connectivity index (χ2n) is 7.07. The molecule has 0 aromatic carbocycles. The maximum absolute atomic E-state index is 13.5. The number of rotatable bonds is 7. The average molecular weight is 360 g/mol. The van der Waals surface area contributed by atoms with Crippen molar-refractivity contribution in [2.24, 2.45) is 5.41 Å². The normalized spacial score (nSPS) is 24.7. The van der Waals surface area contributed by atoms with Crippen molar-refractivity contribution in [3.05, 3.63) is 47.5 Å². The van der Waals surface area contributed by atoms with E-state index < -0.39 is 5.41 Å². The van der Waals surface area contributed by atoms with Crippen molar-refractivity contribution in [1.82, 2.24) is 10.6 Å². The summed E-state index contributed by atoms with van der Waals surface area (Å²) in [5, 5.41) is 5.72. The molecule has 2 N–H and O–H groups in total. The molecule has 2 aliphatic rings. The Morgan fingerprint density at radius 1 is 1.27 bits per heavy atom. The molecule has 2 amide bonds. The van der Waals surface area contributed by atoms with Crippen LogP contribution in [0, 0.1) is 5.41 Å². The minimum Gasteiger partial charge on any atom is -0.351 e. The first-order valence-corrected chi connectivity index (χ1v) is 9.46. The molecule has 2 rings (SSSR count). The van der Waals surface area contributed by atoms with Crippen molar-refractivity contribution in [3.8, 4) is 0 Å². The summed E-state index contributed by atoms with van der Waals surface area (Å²) in [6.07, 6.45) is 14.0. The number of unbranched alkanes of at least 4 members (excludes halogenated alkanes) is 1. The van der Waals surface area contributed by atoms with Crippen molar-refractivity contribution in [2.75, 3.05) is 6.54 Å². The number of amides is 2. The third-order valence-electron chi connectivity index (χ3n) is 4.77. The van der Waals surface area contributed by atoms with E-state index in [0.717, 1.165) is 43.4 Å². The van der Waals surface area contributed by atoms with Crippen molar-refractivity contribution in [2.45, 2.75) is 58.8 Å². The van der Waals surface area contributed by atoms with Crippen molar-refractivity contribution < 1.29 is 14.0 Å². The zero-order valence-corrected chi connectivity index (χ0v) is 15.7. The van der Waals surface area contributed by atoms with E-state index in [-0.39, 0.29) is 17.6 Å². The van der Waals surface area contributed by atoms with Gasteiger partial charge in [-0.15, -0.1) is 0 Å². The number of carbonyl (C=O) groups excluding carboxylic acids is 2. The van der Waals surface area contributed by atoms with E-state index in [9.17, 15) is 14.0 Å². The molecule has 0 radical (unpaired) electrons. The summed E-state index contributed by atoms with van der Waals surface area (Å²) in [4.78, 5) is 25.1. The summed E-state index contributed by atoms with van der Waals surface area (Å²) in [6.45, 7) is 4.27. The van der Waals surface area contributed by atoms with E-state index in [1.807, 2.05) is 19.1 Å². The second kappa shape index (κ2) is 9.51. The summed E-state index contributed by atoms with van der Waals surface area (Å²) in [7, 11) is 0. The van der Waals surface area contributed by atoms with Crippen LogP contribution < -0.4 is 10.6 Å². The summed E-state index contributed by atoms with van der Waals surface area (Å²) >= 11 is 0. The lowest BCUT2D eigenvalue weighted by atomic mass is 10.0. The quantitative estimate of drug-likeness (QED) is 0.668. The first kappa shape index (κ1) is 20.1. The van der Waals surface area contributed by atoms with Gasteiger partial charge < -0.3 is 10.6 Å². The van der Waals surface area contributed by atoms with Crippen LogP contribution in [0.5, 0.6) is 0 Å². The number of hydrogen-bond acceptors (Lipinski definition) is 2. The van der Waals surface area contributed by atoms with Gasteiger partial charge in [-0.2, -0.15) is 0 Å². The van der Waals surface area contributed by atoms with E-state index >= 15 is 0 Å². The van der Waals surface area contributed by atoms with E-state index in [1.165, 1.54) is 12.2 Å². The molecule has 1 fully saturated rings. The van der Waals surface area contributed by atoms with Crippen LogP contribution in [0.3, 0.4) is 0 Å². The number of nitrogens with one attached hydrogen (secondary N) is 2. The molecule has 0 unspecified atom stereocenters. The Balaban J connectivity index is 1.92. The van der Waals surface area contributed by atoms with Crippen LogP contribution in [0.25, 0.3) is 0 Å². The third kappa shape index (κ3) is 5.68. The molecule has 26 heavy (non-hydrogen) atoms. The van der Waals surface area contributed by atoms with Crippen LogP contribution in [0.2, 0.25) is 0 Å². The second-order valence-corrected chi connectivity index (χ2v) is 7.07. The molecule has 0 spiro atoms. The Labute approximate surface area is 155 Å². The van der Waals surface area contributed by atoms with Gasteiger partial charge in [0.25, 0.3) is 0 Å². The molecule has 4 nitrogen and oxygen atoms in total. The van der Waals surface area contributed by atoms with Crippen molar-refractivity contribution in [3.63, 3.8) is 0 Å². The van der Waals surface area contributed by atoms with Gasteiger partial charge >= 0.3 is 0 Å². The van der Waals surface area contributed by atoms with Gasteiger partial charge in [-0.25, -0.2) is 4.39 Å². The van der Waals surface area contributed by atoms with Crippen LogP contribution in [0.15, 0.2) is 47.5 Å². The lowest BCUT2D eigenvalue weighted by Gasteiger charge is -2.16. The third-order valence-corrected chi connectivity index (χ3v) is 4.77. The zero-order valence-electron chi connectivity index (χ0n) is 15.7. The highest BCUT2D eigenvalue weighted by Gasteiger charge is 2.56. The summed E-state index contributed by atoms with van der Waals surface area (Å²) in [5.74, 6) is -0.747. The highest BCUT2D eigenvalue weighted by molar-refractivity contribution is 6.08. The van der Waals surface area contributed by atoms with Crippen LogP contribution in [-0.4, -0.2) is 18.4 Å². The van der Waals surface area contributed by atoms with Gasteiger partial charge in [0.05, 0.1) is 0 Å². The van der Waals surface area contributed by atoms with E-state index in [1.54, 1.807) is 6.08 Å². The minimum absolute atomic E-state index is 0.224. The Bertz CT molecular complexity index is 655. The number of hydrogen-bond donors (Lipinski definition) is 2. The van der Waals surface area contributed by atoms with Crippen LogP contribution in [0.1, 0.15) is 58.8 Å². The van der Waals surface area contributed by atoms with Gasteiger partial charge in [0, 0.05) is 12.2 Å². The van der Waals surface area contributed by atoms with Gasteiger partial charge in [0.1, 0.15) is 11.2 Å². The van der Waals surface area contributed by atoms with Gasteiger partial charge in [-0.05, 0) is 57.6 Å². The smallest absolute Gasteiger partial charge is 0.239 e. The Morgan fingerprint density at radius 3 is 2.73 bits per heavy atom. The molecule has 1 saturated carbocycles. The fourth-order valence-corrected chi connectivity index (χ4v) is 2.88. The molecule has 5 heteroatoms. The van der Waals surface area contributed by atoms with Crippen LogP contribution in [0.4, 0.5) is 4.39 Å². The molecule has 0 aliphatic heterocycles. The minimum atomic E-state index is -0.941. The van der Waals surface area contributed by atoms with Gasteiger partial charge in [0.15, 0.2) is 0 Å². The molecular weight excluding hydrogens is 331 g/mol. The van der Waals surface area contributed by atoms with Crippen LogP contribution in [-0.2, 0) is 9.59 Å². The molecule has 0 bridgehead atoms. The molecule has 0 atom stereocenters. The van der Waals surface area contributed by atoms with Crippen molar-refractivity contribution >= 4 is 11.8 Å². The first-order chi connectivity index (χ1) is 12.5. The maximum Gasteiger partial charge on any atom is 0.239 e. The zero-order chi connectivity index (χ0) is 19.0. The largest absolute Gasteiger partial charge is 0.351 e. The van der Waals surface area contributed by atoms with Crippen LogP contribution >= 0.6 is 0 Å². The molecule has 0 saturated heterocycles.